The molecule has 1 unspecified atom stereocenters. The van der Waals surface area contributed by atoms with Gasteiger partial charge in [0.25, 0.3) is 0 Å². The van der Waals surface area contributed by atoms with Crippen LogP contribution in [0.15, 0.2) is 64.0 Å². The maximum atomic E-state index is 6.41. The lowest BCUT2D eigenvalue weighted by molar-refractivity contribution is 0.0119. The Morgan fingerprint density at radius 2 is 1.75 bits per heavy atom. The van der Waals surface area contributed by atoms with Crippen LogP contribution in [-0.4, -0.2) is 19.5 Å². The van der Waals surface area contributed by atoms with E-state index in [9.17, 15) is 0 Å². The van der Waals surface area contributed by atoms with E-state index in [2.05, 4.69) is 48.3 Å². The molecular weight excluding hydrogens is 348 g/mol. The number of furan rings is 1. The fourth-order valence-electron chi connectivity index (χ4n) is 3.56. The molecule has 1 aromatic heterocycles. The molecule has 144 valence electrons. The minimum absolute atomic E-state index is 0.0591. The summed E-state index contributed by atoms with van der Waals surface area (Å²) in [4.78, 5) is 6.56. The minimum atomic E-state index is -0.381. The highest BCUT2D eigenvalue weighted by Crippen LogP contribution is 2.48. The van der Waals surface area contributed by atoms with Crippen molar-refractivity contribution >= 4 is 12.2 Å². The first-order valence-electron chi connectivity index (χ1n) is 9.81. The summed E-state index contributed by atoms with van der Waals surface area (Å²) in [5.41, 5.74) is 5.51. The molecule has 0 bridgehead atoms. The Balaban J connectivity index is 1.95. The number of fused-ring (bicyclic) bond motifs is 1. The third-order valence-corrected chi connectivity index (χ3v) is 4.96. The molecule has 1 aliphatic heterocycles. The number of hydrogen-bond acceptors (Lipinski definition) is 4. The van der Waals surface area contributed by atoms with Gasteiger partial charge in [-0.1, -0.05) is 61.5 Å². The molecule has 2 heterocycles. The molecule has 2 aromatic carbocycles. The predicted octanol–water partition coefficient (Wildman–Crippen LogP) is 6.08. The topological polar surface area (TPSA) is 38.0 Å². The quantitative estimate of drug-likeness (QED) is 0.543. The van der Waals surface area contributed by atoms with Crippen LogP contribution in [0, 0.1) is 0 Å². The van der Waals surface area contributed by atoms with Crippen LogP contribution in [0.3, 0.4) is 0 Å². The summed E-state index contributed by atoms with van der Waals surface area (Å²) in [6.07, 6.45) is 2.47. The van der Waals surface area contributed by atoms with Crippen LogP contribution in [0.4, 0.5) is 5.88 Å². The Bertz CT molecular complexity index is 972. The molecule has 28 heavy (non-hydrogen) atoms. The van der Waals surface area contributed by atoms with E-state index in [1.807, 2.05) is 44.0 Å². The lowest BCUT2D eigenvalue weighted by atomic mass is 9.95. The minimum Gasteiger partial charge on any atom is -0.439 e. The Kier molecular flexibility index (Phi) is 5.05. The Hall–Kier alpha value is -2.85. The van der Waals surface area contributed by atoms with Gasteiger partial charge in [0.05, 0.1) is 18.0 Å². The fourth-order valence-corrected chi connectivity index (χ4v) is 3.56. The van der Waals surface area contributed by atoms with Gasteiger partial charge in [-0.2, -0.15) is 0 Å². The van der Waals surface area contributed by atoms with Crippen LogP contribution < -0.4 is 4.90 Å². The SMILES string of the molecule is CCc1ccc(-c2c(-c3ccccc3)oc3c2C(OC(C)C)N=CN3C)cc1. The molecule has 0 amide bonds. The summed E-state index contributed by atoms with van der Waals surface area (Å²) in [6, 6.07) is 18.9. The van der Waals surface area contributed by atoms with Crippen LogP contribution in [0.1, 0.15) is 38.1 Å². The molecule has 4 heteroatoms. The molecule has 4 rings (SSSR count). The van der Waals surface area contributed by atoms with Gasteiger partial charge in [0.1, 0.15) is 5.76 Å². The average Bonchev–Trinajstić information content (AvgIpc) is 3.12. The molecule has 3 aromatic rings. The number of aryl methyl sites for hydroxylation is 1. The van der Waals surface area contributed by atoms with E-state index >= 15 is 0 Å². The number of benzene rings is 2. The van der Waals surface area contributed by atoms with Gasteiger partial charge in [-0.15, -0.1) is 0 Å². The number of ether oxygens (including phenoxy) is 1. The van der Waals surface area contributed by atoms with Crippen molar-refractivity contribution in [1.29, 1.82) is 0 Å². The van der Waals surface area contributed by atoms with E-state index in [0.717, 1.165) is 40.3 Å². The van der Waals surface area contributed by atoms with Gasteiger partial charge in [-0.25, -0.2) is 4.99 Å². The molecule has 0 saturated heterocycles. The smallest absolute Gasteiger partial charge is 0.209 e. The summed E-state index contributed by atoms with van der Waals surface area (Å²) >= 11 is 0. The first-order chi connectivity index (χ1) is 13.6. The zero-order valence-corrected chi connectivity index (χ0v) is 16.8. The highest BCUT2D eigenvalue weighted by atomic mass is 16.5. The molecular formula is C24H26N2O2. The van der Waals surface area contributed by atoms with E-state index in [4.69, 9.17) is 9.15 Å². The van der Waals surface area contributed by atoms with Crippen molar-refractivity contribution in [3.8, 4) is 22.5 Å². The summed E-state index contributed by atoms with van der Waals surface area (Å²) in [5.74, 6) is 1.64. The predicted molar refractivity (Wildman–Crippen MR) is 115 cm³/mol. The molecule has 0 N–H and O–H groups in total. The summed E-state index contributed by atoms with van der Waals surface area (Å²) < 4.78 is 12.6. The average molecular weight is 374 g/mol. The molecule has 0 saturated carbocycles. The lowest BCUT2D eigenvalue weighted by Crippen LogP contribution is -2.23. The summed E-state index contributed by atoms with van der Waals surface area (Å²) in [7, 11) is 1.95. The number of anilines is 1. The number of hydrogen-bond donors (Lipinski definition) is 0. The Morgan fingerprint density at radius 1 is 1.04 bits per heavy atom. The molecule has 4 nitrogen and oxygen atoms in total. The van der Waals surface area contributed by atoms with Gasteiger partial charge in [0, 0.05) is 18.2 Å². The zero-order valence-electron chi connectivity index (χ0n) is 16.8. The fraction of sp³-hybridized carbons (Fsp3) is 0.292. The van der Waals surface area contributed by atoms with Crippen molar-refractivity contribution in [3.05, 3.63) is 65.7 Å². The summed E-state index contributed by atoms with van der Waals surface area (Å²) in [6.45, 7) is 6.23. The largest absolute Gasteiger partial charge is 0.439 e. The molecule has 1 aliphatic rings. The number of rotatable bonds is 5. The van der Waals surface area contributed by atoms with Crippen molar-refractivity contribution in [2.45, 2.75) is 39.5 Å². The van der Waals surface area contributed by atoms with E-state index in [1.165, 1.54) is 5.56 Å². The van der Waals surface area contributed by atoms with Crippen molar-refractivity contribution < 1.29 is 9.15 Å². The van der Waals surface area contributed by atoms with E-state index < -0.39 is 0 Å². The normalized spacial score (nSPS) is 15.9. The highest BCUT2D eigenvalue weighted by molar-refractivity contribution is 5.91. The van der Waals surface area contributed by atoms with Crippen molar-refractivity contribution in [1.82, 2.24) is 0 Å². The number of aliphatic imine (C=N–C) groups is 1. The van der Waals surface area contributed by atoms with Crippen molar-refractivity contribution in [3.63, 3.8) is 0 Å². The molecule has 1 atom stereocenters. The molecule has 0 aliphatic carbocycles. The Morgan fingerprint density at radius 3 is 2.39 bits per heavy atom. The van der Waals surface area contributed by atoms with Gasteiger partial charge in [-0.3, -0.25) is 0 Å². The molecule has 0 spiro atoms. The second kappa shape index (κ2) is 7.64. The zero-order chi connectivity index (χ0) is 19.7. The van der Waals surface area contributed by atoms with Gasteiger partial charge in [-0.05, 0) is 31.4 Å². The van der Waals surface area contributed by atoms with E-state index in [-0.39, 0.29) is 12.3 Å². The van der Waals surface area contributed by atoms with Gasteiger partial charge in [0.2, 0.25) is 5.88 Å². The van der Waals surface area contributed by atoms with Gasteiger partial charge in [0.15, 0.2) is 6.23 Å². The van der Waals surface area contributed by atoms with Crippen LogP contribution in [0.25, 0.3) is 22.5 Å². The van der Waals surface area contributed by atoms with Crippen molar-refractivity contribution in [2.24, 2.45) is 4.99 Å². The first kappa shape index (κ1) is 18.5. The molecule has 0 fully saturated rings. The first-order valence-corrected chi connectivity index (χ1v) is 9.81. The van der Waals surface area contributed by atoms with E-state index in [1.54, 1.807) is 6.34 Å². The lowest BCUT2D eigenvalue weighted by Gasteiger charge is -2.25. The van der Waals surface area contributed by atoms with Gasteiger partial charge >= 0.3 is 0 Å². The van der Waals surface area contributed by atoms with Gasteiger partial charge < -0.3 is 14.1 Å². The molecule has 0 radical (unpaired) electrons. The highest BCUT2D eigenvalue weighted by Gasteiger charge is 2.33. The standard InChI is InChI=1S/C24H26N2O2/c1-5-17-11-13-18(14-12-17)20-21-23(27-16(2)3)25-15-26(4)24(21)28-22(20)19-9-7-6-8-10-19/h6-16,23H,5H2,1-4H3. The second-order valence-corrected chi connectivity index (χ2v) is 7.35. The van der Waals surface area contributed by atoms with Crippen LogP contribution in [-0.2, 0) is 11.2 Å². The van der Waals surface area contributed by atoms with Crippen LogP contribution in [0.5, 0.6) is 0 Å². The number of nitrogens with zero attached hydrogens (tertiary/aromatic N) is 2. The van der Waals surface area contributed by atoms with E-state index in [0.29, 0.717) is 0 Å². The maximum absolute atomic E-state index is 6.41. The maximum Gasteiger partial charge on any atom is 0.209 e. The Labute approximate surface area is 166 Å². The van der Waals surface area contributed by atoms with Crippen LogP contribution >= 0.6 is 0 Å². The third-order valence-electron chi connectivity index (χ3n) is 4.96. The monoisotopic (exact) mass is 374 g/mol. The van der Waals surface area contributed by atoms with Crippen LogP contribution in [0.2, 0.25) is 0 Å². The second-order valence-electron chi connectivity index (χ2n) is 7.35. The third kappa shape index (κ3) is 3.36. The van der Waals surface area contributed by atoms with Crippen molar-refractivity contribution in [2.75, 3.05) is 11.9 Å². The summed E-state index contributed by atoms with van der Waals surface area (Å²) in [5, 5.41) is 0.